The molecule has 1 saturated heterocycles. The zero-order valence-electron chi connectivity index (χ0n) is 11.6. The van der Waals surface area contributed by atoms with Gasteiger partial charge in [0.15, 0.2) is 11.6 Å². The monoisotopic (exact) mass is 302 g/mol. The highest BCUT2D eigenvalue weighted by Crippen LogP contribution is 2.16. The van der Waals surface area contributed by atoms with Gasteiger partial charge in [-0.15, -0.1) is 0 Å². The Kier molecular flexibility index (Phi) is 3.88. The van der Waals surface area contributed by atoms with Crippen molar-refractivity contribution >= 4 is 29.1 Å². The number of carbonyl (C=O) groups is 2. The molecule has 7 nitrogen and oxygen atoms in total. The fourth-order valence-corrected chi connectivity index (χ4v) is 2.27. The van der Waals surface area contributed by atoms with E-state index in [-0.39, 0.29) is 13.2 Å². The minimum absolute atomic E-state index is 0.00218. The lowest BCUT2D eigenvalue weighted by Gasteiger charge is -2.31. The Balaban J connectivity index is 1.76. The summed E-state index contributed by atoms with van der Waals surface area (Å²) < 4.78 is 10.6. The van der Waals surface area contributed by atoms with Crippen LogP contribution in [0.2, 0.25) is 0 Å². The molecule has 1 aliphatic heterocycles. The van der Waals surface area contributed by atoms with Gasteiger partial charge in [-0.2, -0.15) is 0 Å². The summed E-state index contributed by atoms with van der Waals surface area (Å²) in [6, 6.07) is 6.30. The summed E-state index contributed by atoms with van der Waals surface area (Å²) in [5.74, 6) is -1.18. The van der Waals surface area contributed by atoms with Crippen molar-refractivity contribution in [2.24, 2.45) is 0 Å². The molecule has 3 rings (SSSR count). The zero-order chi connectivity index (χ0) is 15.5. The molecular weight excluding hydrogens is 288 g/mol. The van der Waals surface area contributed by atoms with Gasteiger partial charge in [-0.05, 0) is 12.1 Å². The Labute approximate surface area is 125 Å². The number of hydrogen-bond acceptors (Lipinski definition) is 5. The van der Waals surface area contributed by atoms with E-state index in [2.05, 4.69) is 4.98 Å². The molecule has 1 amide bonds. The summed E-state index contributed by atoms with van der Waals surface area (Å²) in [4.78, 5) is 28.8. The van der Waals surface area contributed by atoms with Gasteiger partial charge >= 0.3 is 5.97 Å². The maximum atomic E-state index is 12.2. The fraction of sp³-hybridized carbons (Fsp3) is 0.267. The Morgan fingerprint density at radius 1 is 1.36 bits per heavy atom. The van der Waals surface area contributed by atoms with E-state index in [4.69, 9.17) is 14.3 Å². The average molecular weight is 302 g/mol. The van der Waals surface area contributed by atoms with E-state index in [1.807, 2.05) is 12.1 Å². The number of fused-ring (bicyclic) bond motifs is 1. The lowest BCUT2D eigenvalue weighted by Crippen LogP contribution is -2.52. The molecule has 1 aromatic carbocycles. The van der Waals surface area contributed by atoms with E-state index in [0.29, 0.717) is 23.6 Å². The van der Waals surface area contributed by atoms with Gasteiger partial charge in [-0.25, -0.2) is 9.78 Å². The van der Waals surface area contributed by atoms with E-state index in [0.717, 1.165) is 0 Å². The first-order chi connectivity index (χ1) is 10.6. The molecule has 0 bridgehead atoms. The number of benzene rings is 1. The second kappa shape index (κ2) is 5.98. The number of aliphatic carboxylic acids is 1. The average Bonchev–Trinajstić information content (AvgIpc) is 2.95. The van der Waals surface area contributed by atoms with Crippen LogP contribution < -0.4 is 0 Å². The number of nitrogens with zero attached hydrogens (tertiary/aromatic N) is 2. The number of carboxylic acid groups (broad SMARTS) is 1. The molecule has 2 aromatic rings. The summed E-state index contributed by atoms with van der Waals surface area (Å²) in [6.45, 7) is 0.567. The van der Waals surface area contributed by atoms with E-state index < -0.39 is 17.9 Å². The minimum Gasteiger partial charge on any atom is -0.480 e. The van der Waals surface area contributed by atoms with Crippen LogP contribution in [0.15, 0.2) is 34.8 Å². The van der Waals surface area contributed by atoms with Gasteiger partial charge < -0.3 is 19.2 Å². The van der Waals surface area contributed by atoms with Crippen LogP contribution in [-0.2, 0) is 14.3 Å². The normalized spacial score (nSPS) is 18.9. The van der Waals surface area contributed by atoms with Crippen LogP contribution in [0.4, 0.5) is 0 Å². The summed E-state index contributed by atoms with van der Waals surface area (Å²) in [6.07, 6.45) is 2.71. The molecule has 1 aliphatic rings. The van der Waals surface area contributed by atoms with Crippen molar-refractivity contribution in [2.45, 2.75) is 6.04 Å². The molecule has 1 unspecified atom stereocenters. The summed E-state index contributed by atoms with van der Waals surface area (Å²) in [5, 5.41) is 9.11. The number of amides is 1. The Morgan fingerprint density at radius 3 is 2.95 bits per heavy atom. The van der Waals surface area contributed by atoms with E-state index >= 15 is 0 Å². The van der Waals surface area contributed by atoms with Gasteiger partial charge in [-0.1, -0.05) is 12.1 Å². The van der Waals surface area contributed by atoms with Crippen LogP contribution >= 0.6 is 0 Å². The first-order valence-electron chi connectivity index (χ1n) is 6.80. The number of aromatic nitrogens is 1. The third kappa shape index (κ3) is 2.84. The molecule has 0 spiro atoms. The van der Waals surface area contributed by atoms with Crippen LogP contribution in [0.3, 0.4) is 0 Å². The third-order valence-electron chi connectivity index (χ3n) is 3.38. The number of para-hydroxylation sites is 2. The summed E-state index contributed by atoms with van der Waals surface area (Å²) >= 11 is 0. The van der Waals surface area contributed by atoms with E-state index in [1.54, 1.807) is 12.1 Å². The SMILES string of the molecule is O=C(O)C1COCCN1C(=O)C=Cc1nc2ccccc2o1. The highest BCUT2D eigenvalue weighted by Gasteiger charge is 2.31. The Bertz CT molecular complexity index is 703. The van der Waals surface area contributed by atoms with Gasteiger partial charge in [0.25, 0.3) is 0 Å². The molecule has 2 heterocycles. The van der Waals surface area contributed by atoms with Crippen molar-refractivity contribution in [3.63, 3.8) is 0 Å². The summed E-state index contributed by atoms with van der Waals surface area (Å²) in [7, 11) is 0. The quantitative estimate of drug-likeness (QED) is 0.855. The maximum absolute atomic E-state index is 12.2. The standard InChI is InChI=1S/C15H14N2O5/c18-14(17-7-8-21-9-11(17)15(19)20)6-5-13-16-10-3-1-2-4-12(10)22-13/h1-6,11H,7-9H2,(H,19,20). The van der Waals surface area contributed by atoms with Crippen LogP contribution in [0.5, 0.6) is 0 Å². The first kappa shape index (κ1) is 14.3. The molecule has 114 valence electrons. The third-order valence-corrected chi connectivity index (χ3v) is 3.38. The lowest BCUT2D eigenvalue weighted by atomic mass is 10.2. The second-order valence-electron chi connectivity index (χ2n) is 4.81. The van der Waals surface area contributed by atoms with Crippen molar-refractivity contribution in [3.05, 3.63) is 36.2 Å². The smallest absolute Gasteiger partial charge is 0.328 e. The van der Waals surface area contributed by atoms with Crippen LogP contribution in [0.1, 0.15) is 5.89 Å². The van der Waals surface area contributed by atoms with Crippen molar-refractivity contribution in [3.8, 4) is 0 Å². The highest BCUT2D eigenvalue weighted by molar-refractivity contribution is 5.94. The molecule has 7 heteroatoms. The largest absolute Gasteiger partial charge is 0.480 e. The molecular formula is C15H14N2O5. The van der Waals surface area contributed by atoms with Crippen molar-refractivity contribution in [1.82, 2.24) is 9.88 Å². The topological polar surface area (TPSA) is 92.9 Å². The predicted molar refractivity (Wildman–Crippen MR) is 77.0 cm³/mol. The molecule has 1 atom stereocenters. The van der Waals surface area contributed by atoms with Crippen LogP contribution in [-0.4, -0.2) is 52.7 Å². The summed E-state index contributed by atoms with van der Waals surface area (Å²) in [5.41, 5.74) is 1.33. The van der Waals surface area contributed by atoms with Crippen LogP contribution in [0.25, 0.3) is 17.2 Å². The number of ether oxygens (including phenoxy) is 1. The molecule has 0 radical (unpaired) electrons. The Hall–Kier alpha value is -2.67. The van der Waals surface area contributed by atoms with Crippen molar-refractivity contribution in [2.75, 3.05) is 19.8 Å². The lowest BCUT2D eigenvalue weighted by molar-refractivity contribution is -0.156. The fourth-order valence-electron chi connectivity index (χ4n) is 2.27. The predicted octanol–water partition coefficient (Wildman–Crippen LogP) is 1.15. The van der Waals surface area contributed by atoms with E-state index in [1.165, 1.54) is 17.1 Å². The molecule has 1 N–H and O–H groups in total. The number of hydrogen-bond donors (Lipinski definition) is 1. The highest BCUT2D eigenvalue weighted by atomic mass is 16.5. The van der Waals surface area contributed by atoms with Crippen molar-refractivity contribution < 1.29 is 23.8 Å². The first-order valence-corrected chi connectivity index (χ1v) is 6.80. The molecule has 22 heavy (non-hydrogen) atoms. The molecule has 0 saturated carbocycles. The van der Waals surface area contributed by atoms with Crippen molar-refractivity contribution in [1.29, 1.82) is 0 Å². The molecule has 1 fully saturated rings. The maximum Gasteiger partial charge on any atom is 0.328 e. The molecule has 1 aromatic heterocycles. The zero-order valence-corrected chi connectivity index (χ0v) is 11.6. The van der Waals surface area contributed by atoms with E-state index in [9.17, 15) is 9.59 Å². The van der Waals surface area contributed by atoms with Gasteiger partial charge in [-0.3, -0.25) is 4.79 Å². The van der Waals surface area contributed by atoms with Gasteiger partial charge in [0.1, 0.15) is 5.52 Å². The molecule has 0 aliphatic carbocycles. The van der Waals surface area contributed by atoms with Gasteiger partial charge in [0.2, 0.25) is 11.8 Å². The number of rotatable bonds is 3. The number of oxazole rings is 1. The van der Waals surface area contributed by atoms with Crippen LogP contribution in [0, 0.1) is 0 Å². The number of carbonyl (C=O) groups excluding carboxylic acids is 1. The minimum atomic E-state index is -1.08. The van der Waals surface area contributed by atoms with Gasteiger partial charge in [0, 0.05) is 18.7 Å². The number of morpholine rings is 1. The second-order valence-corrected chi connectivity index (χ2v) is 4.81. The Morgan fingerprint density at radius 2 is 2.18 bits per heavy atom. The van der Waals surface area contributed by atoms with Gasteiger partial charge in [0.05, 0.1) is 13.2 Å². The number of carboxylic acids is 1.